The molecule has 0 spiro atoms. The number of rotatable bonds is 4. The zero-order valence-corrected chi connectivity index (χ0v) is 16.5. The van der Waals surface area contributed by atoms with E-state index in [1.807, 2.05) is 11.0 Å². The highest BCUT2D eigenvalue weighted by Crippen LogP contribution is 2.40. The van der Waals surface area contributed by atoms with Crippen LogP contribution >= 0.6 is 11.6 Å². The number of aliphatic hydroxyl groups excluding tert-OH is 2. The van der Waals surface area contributed by atoms with Crippen molar-refractivity contribution < 1.29 is 20.1 Å². The van der Waals surface area contributed by atoms with Gasteiger partial charge in [0.2, 0.25) is 0 Å². The first-order valence-corrected chi connectivity index (χ1v) is 9.94. The number of hydrogen-bond donors (Lipinski definition) is 5. The quantitative estimate of drug-likeness (QED) is 0.464. The molecule has 28 heavy (non-hydrogen) atoms. The normalized spacial score (nSPS) is 40.5. The molecule has 0 radical (unpaired) electrons. The monoisotopic (exact) mass is 410 g/mol. The second-order valence-corrected chi connectivity index (χ2v) is 8.47. The Bertz CT molecular complexity index is 761. The Morgan fingerprint density at radius 1 is 1.43 bits per heavy atom. The summed E-state index contributed by atoms with van der Waals surface area (Å²) in [4.78, 5) is 6.47. The third kappa shape index (κ3) is 3.33. The number of aliphatic hydroxyl groups is 3. The van der Waals surface area contributed by atoms with Crippen LogP contribution in [0.25, 0.3) is 0 Å². The first-order valence-electron chi connectivity index (χ1n) is 9.56. The van der Waals surface area contributed by atoms with E-state index >= 15 is 0 Å². The minimum Gasteiger partial charge on any atom is -0.392 e. The van der Waals surface area contributed by atoms with E-state index in [4.69, 9.17) is 22.1 Å². The number of likely N-dealkylation sites (tertiary alicyclic amines) is 1. The predicted octanol–water partition coefficient (Wildman–Crippen LogP) is -0.224. The van der Waals surface area contributed by atoms with Crippen molar-refractivity contribution in [1.29, 1.82) is 0 Å². The summed E-state index contributed by atoms with van der Waals surface area (Å²) >= 11 is 6.01. The first-order chi connectivity index (χ1) is 13.3. The van der Waals surface area contributed by atoms with E-state index in [9.17, 15) is 15.3 Å². The topological polar surface area (TPSA) is 124 Å². The van der Waals surface area contributed by atoms with Gasteiger partial charge in [0.1, 0.15) is 24.1 Å². The molecule has 3 heterocycles. The molecular weight excluding hydrogens is 384 g/mol. The molecule has 1 aromatic rings. The SMILES string of the molecule is C[C@@]1(O)[C@@H](Cc2ccc(Cl)cc2CO)O[C@@H](N2CCC3C(N)NC=NC32)[C@@H]1O. The highest BCUT2D eigenvalue weighted by Gasteiger charge is 2.56. The molecule has 0 aromatic heterocycles. The molecule has 0 bridgehead atoms. The Hall–Kier alpha value is -1.26. The fourth-order valence-corrected chi connectivity index (χ4v) is 4.70. The number of nitrogens with two attached hydrogens (primary N) is 1. The Morgan fingerprint density at radius 2 is 2.21 bits per heavy atom. The van der Waals surface area contributed by atoms with Crippen LogP contribution < -0.4 is 11.1 Å². The molecule has 0 saturated carbocycles. The van der Waals surface area contributed by atoms with Gasteiger partial charge in [0.05, 0.1) is 25.2 Å². The number of nitrogens with zero attached hydrogens (tertiary/aromatic N) is 2. The van der Waals surface area contributed by atoms with Crippen molar-refractivity contribution in [3.8, 4) is 0 Å². The van der Waals surface area contributed by atoms with Crippen molar-refractivity contribution >= 4 is 17.9 Å². The lowest BCUT2D eigenvalue weighted by Crippen LogP contribution is -2.55. The molecule has 8 nitrogen and oxygen atoms in total. The summed E-state index contributed by atoms with van der Waals surface area (Å²) in [6.45, 7) is 2.10. The number of aliphatic imine (C=N–C) groups is 1. The molecule has 3 aliphatic heterocycles. The van der Waals surface area contributed by atoms with E-state index in [2.05, 4.69) is 10.3 Å². The van der Waals surface area contributed by atoms with E-state index in [1.165, 1.54) is 0 Å². The summed E-state index contributed by atoms with van der Waals surface area (Å²) in [6.07, 6.45) is -0.0106. The summed E-state index contributed by atoms with van der Waals surface area (Å²) in [5.74, 6) is 0.127. The maximum atomic E-state index is 11.0. The van der Waals surface area contributed by atoms with Gasteiger partial charge >= 0.3 is 0 Å². The van der Waals surface area contributed by atoms with Gasteiger partial charge < -0.3 is 31.1 Å². The Balaban J connectivity index is 1.55. The van der Waals surface area contributed by atoms with Gasteiger partial charge in [-0.15, -0.1) is 0 Å². The molecule has 0 amide bonds. The summed E-state index contributed by atoms with van der Waals surface area (Å²) in [5.41, 5.74) is 6.18. The molecule has 154 valence electrons. The van der Waals surface area contributed by atoms with Crippen LogP contribution in [-0.2, 0) is 17.8 Å². The minimum atomic E-state index is -1.45. The van der Waals surface area contributed by atoms with Gasteiger partial charge in [-0.1, -0.05) is 17.7 Å². The summed E-state index contributed by atoms with van der Waals surface area (Å²) < 4.78 is 6.17. The number of nitrogens with one attached hydrogen (secondary N) is 1. The number of halogens is 1. The van der Waals surface area contributed by atoms with Gasteiger partial charge in [-0.2, -0.15) is 0 Å². The van der Waals surface area contributed by atoms with E-state index in [0.29, 0.717) is 23.6 Å². The van der Waals surface area contributed by atoms with E-state index < -0.39 is 24.0 Å². The van der Waals surface area contributed by atoms with Crippen molar-refractivity contribution in [3.63, 3.8) is 0 Å². The van der Waals surface area contributed by atoms with Gasteiger partial charge in [-0.05, 0) is 36.6 Å². The van der Waals surface area contributed by atoms with Crippen LogP contribution in [0.1, 0.15) is 24.5 Å². The lowest BCUT2D eigenvalue weighted by atomic mass is 9.89. The van der Waals surface area contributed by atoms with Gasteiger partial charge in [0.15, 0.2) is 0 Å². The number of hydrogen-bond acceptors (Lipinski definition) is 8. The molecule has 3 aliphatic rings. The van der Waals surface area contributed by atoms with Crippen LogP contribution in [-0.4, -0.2) is 69.5 Å². The van der Waals surface area contributed by atoms with Gasteiger partial charge in [-0.25, -0.2) is 0 Å². The van der Waals surface area contributed by atoms with Crippen molar-refractivity contribution in [3.05, 3.63) is 34.3 Å². The number of benzene rings is 1. The van der Waals surface area contributed by atoms with Gasteiger partial charge in [0.25, 0.3) is 0 Å². The summed E-state index contributed by atoms with van der Waals surface area (Å²) in [6, 6.07) is 5.25. The first kappa shape index (κ1) is 20.0. The minimum absolute atomic E-state index is 0.127. The second-order valence-electron chi connectivity index (χ2n) is 8.04. The Labute approximate surface area is 169 Å². The zero-order valence-electron chi connectivity index (χ0n) is 15.7. The fraction of sp³-hybridized carbons (Fsp3) is 0.632. The summed E-state index contributed by atoms with van der Waals surface area (Å²) in [5, 5.41) is 35.1. The highest BCUT2D eigenvalue weighted by atomic mass is 35.5. The third-order valence-corrected chi connectivity index (χ3v) is 6.53. The zero-order chi connectivity index (χ0) is 20.1. The average molecular weight is 411 g/mol. The number of ether oxygens (including phenoxy) is 1. The van der Waals surface area contributed by atoms with E-state index in [-0.39, 0.29) is 24.9 Å². The van der Waals surface area contributed by atoms with Gasteiger partial charge in [0, 0.05) is 23.9 Å². The van der Waals surface area contributed by atoms with Crippen LogP contribution in [0.3, 0.4) is 0 Å². The van der Waals surface area contributed by atoms with Crippen molar-refractivity contribution in [1.82, 2.24) is 10.2 Å². The molecule has 9 heteroatoms. The highest BCUT2D eigenvalue weighted by molar-refractivity contribution is 6.30. The van der Waals surface area contributed by atoms with E-state index in [0.717, 1.165) is 12.0 Å². The van der Waals surface area contributed by atoms with Crippen molar-refractivity contribution in [2.45, 2.75) is 62.7 Å². The molecule has 2 fully saturated rings. The van der Waals surface area contributed by atoms with Crippen LogP contribution in [0.4, 0.5) is 0 Å². The predicted molar refractivity (Wildman–Crippen MR) is 105 cm³/mol. The third-order valence-electron chi connectivity index (χ3n) is 6.29. The fourth-order valence-electron chi connectivity index (χ4n) is 4.51. The molecular formula is C19H27ClN4O4. The van der Waals surface area contributed by atoms with Gasteiger partial charge in [-0.3, -0.25) is 9.89 Å². The molecule has 1 aromatic carbocycles. The standard InChI is InChI=1S/C19H27ClN4O4/c1-19(27)14(7-10-2-3-12(20)6-11(10)8-25)28-18(15(19)26)24-5-4-13-16(21)22-9-23-17(13)24/h2-3,6,9,13-18,25-27H,4-5,7-8,21H2,1H3,(H,22,23)/t13?,14-,15+,16?,17?,18-,19-/m1/s1. The molecule has 2 saturated heterocycles. The maximum absolute atomic E-state index is 11.0. The number of fused-ring (bicyclic) bond motifs is 1. The van der Waals surface area contributed by atoms with E-state index in [1.54, 1.807) is 25.4 Å². The second kappa shape index (κ2) is 7.53. The lowest BCUT2D eigenvalue weighted by molar-refractivity contribution is -0.0978. The molecule has 7 atom stereocenters. The maximum Gasteiger partial charge on any atom is 0.141 e. The Morgan fingerprint density at radius 3 is 2.96 bits per heavy atom. The average Bonchev–Trinajstić information content (AvgIpc) is 3.18. The lowest BCUT2D eigenvalue weighted by Gasteiger charge is -2.35. The molecule has 3 unspecified atom stereocenters. The summed E-state index contributed by atoms with van der Waals surface area (Å²) in [7, 11) is 0. The Kier molecular flexibility index (Phi) is 5.39. The smallest absolute Gasteiger partial charge is 0.141 e. The largest absolute Gasteiger partial charge is 0.392 e. The van der Waals surface area contributed by atoms with Crippen LogP contribution in [0.2, 0.25) is 5.02 Å². The molecule has 4 rings (SSSR count). The van der Waals surface area contributed by atoms with Crippen LogP contribution in [0.5, 0.6) is 0 Å². The van der Waals surface area contributed by atoms with Crippen LogP contribution in [0.15, 0.2) is 23.2 Å². The van der Waals surface area contributed by atoms with Crippen molar-refractivity contribution in [2.75, 3.05) is 6.54 Å². The van der Waals surface area contributed by atoms with Crippen molar-refractivity contribution in [2.24, 2.45) is 16.6 Å². The molecule has 6 N–H and O–H groups in total. The molecule has 0 aliphatic carbocycles. The van der Waals surface area contributed by atoms with Crippen LogP contribution in [0, 0.1) is 5.92 Å².